The van der Waals surface area contributed by atoms with E-state index < -0.39 is 4.92 Å². The molecule has 0 amide bonds. The van der Waals surface area contributed by atoms with Gasteiger partial charge in [-0.05, 0) is 12.1 Å². The Kier molecular flexibility index (Phi) is 3.97. The van der Waals surface area contributed by atoms with E-state index in [4.69, 9.17) is 4.74 Å². The summed E-state index contributed by atoms with van der Waals surface area (Å²) in [4.78, 5) is 10.5. The summed E-state index contributed by atoms with van der Waals surface area (Å²) in [6.07, 6.45) is 3.52. The summed E-state index contributed by atoms with van der Waals surface area (Å²) in [5, 5.41) is 18.0. The maximum atomic E-state index is 10.9. The van der Waals surface area contributed by atoms with Gasteiger partial charge in [-0.15, -0.1) is 0 Å². The molecule has 0 saturated carbocycles. The van der Waals surface area contributed by atoms with Gasteiger partial charge in [0.15, 0.2) is 0 Å². The quantitative estimate of drug-likeness (QED) is 0.635. The predicted molar refractivity (Wildman–Crippen MR) is 70.4 cm³/mol. The van der Waals surface area contributed by atoms with Crippen LogP contribution in [-0.4, -0.2) is 28.4 Å². The molecule has 2 rings (SSSR count). The molecule has 0 aliphatic heterocycles. The lowest BCUT2D eigenvalue weighted by Gasteiger charge is -2.09. The van der Waals surface area contributed by atoms with Gasteiger partial charge in [-0.25, -0.2) is 0 Å². The molecule has 1 N–H and O–H groups in total. The molecule has 7 heteroatoms. The van der Waals surface area contributed by atoms with E-state index in [2.05, 4.69) is 10.4 Å². The highest BCUT2D eigenvalue weighted by Gasteiger charge is 2.13. The molecule has 7 nitrogen and oxygen atoms in total. The van der Waals surface area contributed by atoms with Crippen LogP contribution in [0.25, 0.3) is 0 Å². The largest absolute Gasteiger partial charge is 0.497 e. The second-order valence-corrected chi connectivity index (χ2v) is 3.84. The van der Waals surface area contributed by atoms with Crippen LogP contribution < -0.4 is 10.1 Å². The maximum Gasteiger partial charge on any atom is 0.292 e. The number of hydrogen-bond acceptors (Lipinski definition) is 5. The Balaban J connectivity index is 2.06. The molecule has 0 atom stereocenters. The SMILES string of the molecule is COc1ccc([N+](=O)[O-])c(NCCn2cccn2)c1. The average Bonchev–Trinajstić information content (AvgIpc) is 2.91. The molecule has 100 valence electrons. The van der Waals surface area contributed by atoms with E-state index >= 15 is 0 Å². The average molecular weight is 262 g/mol. The monoisotopic (exact) mass is 262 g/mol. The molecule has 0 saturated heterocycles. The second-order valence-electron chi connectivity index (χ2n) is 3.84. The van der Waals surface area contributed by atoms with Gasteiger partial charge in [-0.1, -0.05) is 0 Å². The lowest BCUT2D eigenvalue weighted by Crippen LogP contribution is -2.11. The van der Waals surface area contributed by atoms with Gasteiger partial charge in [0.25, 0.3) is 5.69 Å². The Bertz CT molecular complexity index is 554. The third kappa shape index (κ3) is 3.21. The number of nitro groups is 1. The Morgan fingerprint density at radius 2 is 2.37 bits per heavy atom. The minimum absolute atomic E-state index is 0.0289. The van der Waals surface area contributed by atoms with Crippen molar-refractivity contribution in [1.29, 1.82) is 0 Å². The topological polar surface area (TPSA) is 82.2 Å². The van der Waals surface area contributed by atoms with Crippen LogP contribution in [0.2, 0.25) is 0 Å². The highest BCUT2D eigenvalue weighted by Crippen LogP contribution is 2.28. The van der Waals surface area contributed by atoms with Gasteiger partial charge in [0.05, 0.1) is 18.6 Å². The first-order chi connectivity index (χ1) is 9.20. The van der Waals surface area contributed by atoms with Crippen molar-refractivity contribution in [3.63, 3.8) is 0 Å². The Labute approximate surface area is 110 Å². The molecule has 0 radical (unpaired) electrons. The highest BCUT2D eigenvalue weighted by molar-refractivity contribution is 5.64. The zero-order valence-electron chi connectivity index (χ0n) is 10.4. The molecule has 0 spiro atoms. The first kappa shape index (κ1) is 12.9. The van der Waals surface area contributed by atoms with Gasteiger partial charge in [0.1, 0.15) is 11.4 Å². The number of benzene rings is 1. The zero-order chi connectivity index (χ0) is 13.7. The fraction of sp³-hybridized carbons (Fsp3) is 0.250. The molecule has 0 aliphatic rings. The number of aromatic nitrogens is 2. The number of nitro benzene ring substituents is 1. The van der Waals surface area contributed by atoms with Gasteiger partial charge >= 0.3 is 0 Å². The first-order valence-electron chi connectivity index (χ1n) is 5.74. The van der Waals surface area contributed by atoms with Crippen LogP contribution in [0.1, 0.15) is 0 Å². The molecule has 19 heavy (non-hydrogen) atoms. The zero-order valence-corrected chi connectivity index (χ0v) is 10.4. The van der Waals surface area contributed by atoms with Crippen molar-refractivity contribution in [3.8, 4) is 5.75 Å². The van der Waals surface area contributed by atoms with Crippen molar-refractivity contribution in [3.05, 3.63) is 46.8 Å². The summed E-state index contributed by atoms with van der Waals surface area (Å²) < 4.78 is 6.81. The maximum absolute atomic E-state index is 10.9. The van der Waals surface area contributed by atoms with Crippen molar-refractivity contribution in [2.24, 2.45) is 0 Å². The van der Waals surface area contributed by atoms with E-state index in [0.717, 1.165) is 0 Å². The molecular formula is C12H14N4O3. The first-order valence-corrected chi connectivity index (χ1v) is 5.74. The van der Waals surface area contributed by atoms with Crippen LogP contribution in [0, 0.1) is 10.1 Å². The van der Waals surface area contributed by atoms with Gasteiger partial charge in [0, 0.05) is 31.1 Å². The third-order valence-electron chi connectivity index (χ3n) is 2.62. The smallest absolute Gasteiger partial charge is 0.292 e. The third-order valence-corrected chi connectivity index (χ3v) is 2.62. The summed E-state index contributed by atoms with van der Waals surface area (Å²) >= 11 is 0. The molecule has 1 aromatic carbocycles. The standard InChI is InChI=1S/C12H14N4O3/c1-19-10-3-4-12(16(17)18)11(9-10)13-6-8-15-7-2-5-14-15/h2-5,7,9,13H,6,8H2,1H3. The van der Waals surface area contributed by atoms with E-state index in [9.17, 15) is 10.1 Å². The fourth-order valence-corrected chi connectivity index (χ4v) is 1.68. The summed E-state index contributed by atoms with van der Waals surface area (Å²) in [5.74, 6) is 0.576. The van der Waals surface area contributed by atoms with Crippen molar-refractivity contribution in [2.75, 3.05) is 19.0 Å². The minimum atomic E-state index is -0.421. The molecule has 0 bridgehead atoms. The molecule has 0 fully saturated rings. The number of hydrogen-bond donors (Lipinski definition) is 1. The van der Waals surface area contributed by atoms with Crippen LogP contribution in [0.5, 0.6) is 5.75 Å². The highest BCUT2D eigenvalue weighted by atomic mass is 16.6. The van der Waals surface area contributed by atoms with Crippen LogP contribution in [-0.2, 0) is 6.54 Å². The van der Waals surface area contributed by atoms with Gasteiger partial charge in [-0.3, -0.25) is 14.8 Å². The summed E-state index contributed by atoms with van der Waals surface area (Å²) in [6, 6.07) is 6.43. The van der Waals surface area contributed by atoms with Crippen LogP contribution in [0.4, 0.5) is 11.4 Å². The minimum Gasteiger partial charge on any atom is -0.497 e. The van der Waals surface area contributed by atoms with Gasteiger partial charge < -0.3 is 10.1 Å². The Morgan fingerprint density at radius 3 is 3.00 bits per heavy atom. The number of nitrogens with one attached hydrogen (secondary N) is 1. The van der Waals surface area contributed by atoms with Crippen molar-refractivity contribution in [2.45, 2.75) is 6.54 Å². The summed E-state index contributed by atoms with van der Waals surface area (Å²) in [5.41, 5.74) is 0.470. The van der Waals surface area contributed by atoms with Crippen molar-refractivity contribution in [1.82, 2.24) is 9.78 Å². The fourth-order valence-electron chi connectivity index (χ4n) is 1.68. The molecule has 0 aliphatic carbocycles. The van der Waals surface area contributed by atoms with Crippen LogP contribution >= 0.6 is 0 Å². The van der Waals surface area contributed by atoms with E-state index in [1.807, 2.05) is 12.3 Å². The van der Waals surface area contributed by atoms with Crippen LogP contribution in [0.15, 0.2) is 36.7 Å². The molecule has 1 aromatic heterocycles. The van der Waals surface area contributed by atoms with Crippen LogP contribution in [0.3, 0.4) is 0 Å². The second kappa shape index (κ2) is 5.85. The predicted octanol–water partition coefficient (Wildman–Crippen LogP) is 1.91. The van der Waals surface area contributed by atoms with E-state index in [0.29, 0.717) is 24.5 Å². The van der Waals surface area contributed by atoms with E-state index in [1.54, 1.807) is 23.0 Å². The summed E-state index contributed by atoms with van der Waals surface area (Å²) in [7, 11) is 1.52. The lowest BCUT2D eigenvalue weighted by molar-refractivity contribution is -0.384. The Hall–Kier alpha value is -2.57. The van der Waals surface area contributed by atoms with Crippen molar-refractivity contribution >= 4 is 11.4 Å². The normalized spacial score (nSPS) is 10.2. The molecular weight excluding hydrogens is 248 g/mol. The Morgan fingerprint density at radius 1 is 1.53 bits per heavy atom. The molecule has 2 aromatic rings. The van der Waals surface area contributed by atoms with E-state index in [-0.39, 0.29) is 5.69 Å². The van der Waals surface area contributed by atoms with Crippen molar-refractivity contribution < 1.29 is 9.66 Å². The molecule has 0 unspecified atom stereocenters. The summed E-state index contributed by atoms with van der Waals surface area (Å²) in [6.45, 7) is 1.16. The molecule has 1 heterocycles. The van der Waals surface area contributed by atoms with E-state index in [1.165, 1.54) is 13.2 Å². The number of methoxy groups -OCH3 is 1. The van der Waals surface area contributed by atoms with Gasteiger partial charge in [0.2, 0.25) is 0 Å². The number of rotatable bonds is 6. The number of ether oxygens (including phenoxy) is 1. The number of anilines is 1. The lowest BCUT2D eigenvalue weighted by atomic mass is 10.2. The van der Waals surface area contributed by atoms with Gasteiger partial charge in [-0.2, -0.15) is 5.10 Å². The number of nitrogens with zero attached hydrogens (tertiary/aromatic N) is 3.